The van der Waals surface area contributed by atoms with Crippen LogP contribution < -0.4 is 10.9 Å². The maximum absolute atomic E-state index is 12.7. The van der Waals surface area contributed by atoms with Gasteiger partial charge in [-0.2, -0.15) is 0 Å². The molecule has 1 N–H and O–H groups in total. The molecule has 0 spiro atoms. The standard InChI is InChI=1S/C19H24N4O3/c24-18(6-8-22-9-11-26-12-10-22)20-14-4-5-16-15(13-14)19(25)23-7-2-1-3-17(23)21-16/h4-5,13H,1-3,6-12H2,(H,20,24). The van der Waals surface area contributed by atoms with E-state index in [-0.39, 0.29) is 11.5 Å². The molecule has 2 aromatic rings. The summed E-state index contributed by atoms with van der Waals surface area (Å²) in [6, 6.07) is 5.39. The molecule has 1 amide bonds. The Hall–Kier alpha value is -2.25. The fourth-order valence-corrected chi connectivity index (χ4v) is 3.63. The smallest absolute Gasteiger partial charge is 0.261 e. The molecule has 7 nitrogen and oxygen atoms in total. The van der Waals surface area contributed by atoms with Gasteiger partial charge in [0, 0.05) is 44.7 Å². The largest absolute Gasteiger partial charge is 0.379 e. The second-order valence-electron chi connectivity index (χ2n) is 6.93. The summed E-state index contributed by atoms with van der Waals surface area (Å²) in [4.78, 5) is 31.8. The van der Waals surface area contributed by atoms with E-state index in [1.807, 2.05) is 12.1 Å². The highest BCUT2D eigenvalue weighted by atomic mass is 16.5. The lowest BCUT2D eigenvalue weighted by Crippen LogP contribution is -2.38. The molecule has 0 atom stereocenters. The SMILES string of the molecule is O=C(CCN1CCOCC1)Nc1ccc2nc3n(c(=O)c2c1)CCCC3. The molecule has 138 valence electrons. The predicted octanol–water partition coefficient (Wildman–Crippen LogP) is 1.39. The quantitative estimate of drug-likeness (QED) is 0.896. The number of amides is 1. The minimum atomic E-state index is -0.0399. The lowest BCUT2D eigenvalue weighted by molar-refractivity contribution is -0.116. The Morgan fingerprint density at radius 1 is 1.19 bits per heavy atom. The molecule has 3 heterocycles. The van der Waals surface area contributed by atoms with Gasteiger partial charge in [0.2, 0.25) is 5.91 Å². The normalized spacial score (nSPS) is 17.8. The van der Waals surface area contributed by atoms with Crippen molar-refractivity contribution in [1.82, 2.24) is 14.5 Å². The zero-order valence-corrected chi connectivity index (χ0v) is 14.9. The van der Waals surface area contributed by atoms with Gasteiger partial charge in [-0.15, -0.1) is 0 Å². The monoisotopic (exact) mass is 356 g/mol. The number of carbonyl (C=O) groups is 1. The molecule has 0 aliphatic carbocycles. The number of benzene rings is 1. The molecular weight excluding hydrogens is 332 g/mol. The number of aromatic nitrogens is 2. The molecular formula is C19H24N4O3. The number of morpholine rings is 1. The van der Waals surface area contributed by atoms with Crippen LogP contribution in [0.15, 0.2) is 23.0 Å². The van der Waals surface area contributed by atoms with E-state index in [4.69, 9.17) is 4.74 Å². The summed E-state index contributed by atoms with van der Waals surface area (Å²) in [5.41, 5.74) is 1.35. The molecule has 4 rings (SSSR count). The van der Waals surface area contributed by atoms with Gasteiger partial charge in [-0.25, -0.2) is 4.98 Å². The van der Waals surface area contributed by atoms with Gasteiger partial charge in [-0.3, -0.25) is 19.1 Å². The molecule has 26 heavy (non-hydrogen) atoms. The fourth-order valence-electron chi connectivity index (χ4n) is 3.63. The van der Waals surface area contributed by atoms with E-state index in [2.05, 4.69) is 15.2 Å². The van der Waals surface area contributed by atoms with Crippen LogP contribution in [-0.2, 0) is 22.5 Å². The molecule has 0 bridgehead atoms. The van der Waals surface area contributed by atoms with Gasteiger partial charge in [0.25, 0.3) is 5.56 Å². The average Bonchev–Trinajstić information content (AvgIpc) is 2.68. The van der Waals surface area contributed by atoms with Crippen LogP contribution in [-0.4, -0.2) is 53.2 Å². The van der Waals surface area contributed by atoms with E-state index in [0.29, 0.717) is 23.0 Å². The third-order valence-corrected chi connectivity index (χ3v) is 5.11. The zero-order valence-electron chi connectivity index (χ0n) is 14.9. The number of rotatable bonds is 4. The Morgan fingerprint density at radius 3 is 2.88 bits per heavy atom. The second kappa shape index (κ2) is 7.55. The molecule has 1 aromatic heterocycles. The van der Waals surface area contributed by atoms with Gasteiger partial charge in [0.05, 0.1) is 24.1 Å². The summed E-state index contributed by atoms with van der Waals surface area (Å²) in [6.45, 7) is 4.66. The van der Waals surface area contributed by atoms with Crippen molar-refractivity contribution < 1.29 is 9.53 Å². The van der Waals surface area contributed by atoms with Crippen molar-refractivity contribution in [2.24, 2.45) is 0 Å². The van der Waals surface area contributed by atoms with Gasteiger partial charge in [-0.05, 0) is 31.0 Å². The summed E-state index contributed by atoms with van der Waals surface area (Å²) in [5, 5.41) is 3.48. The first-order valence-electron chi connectivity index (χ1n) is 9.34. The van der Waals surface area contributed by atoms with Crippen molar-refractivity contribution in [3.8, 4) is 0 Å². The molecule has 0 unspecified atom stereocenters. The Labute approximate surface area is 152 Å². The lowest BCUT2D eigenvalue weighted by Gasteiger charge is -2.26. The van der Waals surface area contributed by atoms with E-state index < -0.39 is 0 Å². The van der Waals surface area contributed by atoms with E-state index >= 15 is 0 Å². The molecule has 1 saturated heterocycles. The number of aryl methyl sites for hydroxylation is 1. The molecule has 1 aromatic carbocycles. The Kier molecular flexibility index (Phi) is 4.99. The summed E-state index contributed by atoms with van der Waals surface area (Å²) in [5.74, 6) is 0.831. The number of nitrogens with zero attached hydrogens (tertiary/aromatic N) is 3. The highest BCUT2D eigenvalue weighted by Gasteiger charge is 2.16. The zero-order chi connectivity index (χ0) is 17.9. The maximum Gasteiger partial charge on any atom is 0.261 e. The highest BCUT2D eigenvalue weighted by molar-refractivity contribution is 5.93. The first kappa shape index (κ1) is 17.2. The number of anilines is 1. The van der Waals surface area contributed by atoms with Gasteiger partial charge in [-0.1, -0.05) is 0 Å². The number of carbonyl (C=O) groups excluding carboxylic acids is 1. The Bertz CT molecular complexity index is 871. The third kappa shape index (κ3) is 3.64. The van der Waals surface area contributed by atoms with E-state index in [0.717, 1.165) is 64.5 Å². The first-order valence-corrected chi connectivity index (χ1v) is 9.34. The van der Waals surface area contributed by atoms with Crippen molar-refractivity contribution in [2.45, 2.75) is 32.2 Å². The number of fused-ring (bicyclic) bond motifs is 2. The van der Waals surface area contributed by atoms with Crippen molar-refractivity contribution in [1.29, 1.82) is 0 Å². The topological polar surface area (TPSA) is 76.5 Å². The minimum absolute atomic E-state index is 0.00545. The van der Waals surface area contributed by atoms with E-state index in [9.17, 15) is 9.59 Å². The van der Waals surface area contributed by atoms with E-state index in [1.54, 1.807) is 10.6 Å². The van der Waals surface area contributed by atoms with Crippen LogP contribution in [0.2, 0.25) is 0 Å². The van der Waals surface area contributed by atoms with Crippen molar-refractivity contribution >= 4 is 22.5 Å². The predicted molar refractivity (Wildman–Crippen MR) is 99.4 cm³/mol. The molecule has 0 radical (unpaired) electrons. The lowest BCUT2D eigenvalue weighted by atomic mass is 10.1. The number of nitrogens with one attached hydrogen (secondary N) is 1. The molecule has 2 aliphatic heterocycles. The summed E-state index contributed by atoms with van der Waals surface area (Å²) < 4.78 is 7.09. The van der Waals surface area contributed by atoms with Crippen LogP contribution in [0.1, 0.15) is 25.1 Å². The van der Waals surface area contributed by atoms with Crippen molar-refractivity contribution in [2.75, 3.05) is 38.2 Å². The third-order valence-electron chi connectivity index (χ3n) is 5.11. The Morgan fingerprint density at radius 2 is 2.04 bits per heavy atom. The highest BCUT2D eigenvalue weighted by Crippen LogP contribution is 2.18. The Balaban J connectivity index is 1.47. The number of hydrogen-bond acceptors (Lipinski definition) is 5. The first-order chi connectivity index (χ1) is 12.7. The fraction of sp³-hybridized carbons (Fsp3) is 0.526. The summed E-state index contributed by atoms with van der Waals surface area (Å²) in [7, 11) is 0. The number of ether oxygens (including phenoxy) is 1. The van der Waals surface area contributed by atoms with Crippen LogP contribution in [0.3, 0.4) is 0 Å². The van der Waals surface area contributed by atoms with Crippen LogP contribution in [0, 0.1) is 0 Å². The van der Waals surface area contributed by atoms with Crippen LogP contribution in [0.25, 0.3) is 10.9 Å². The van der Waals surface area contributed by atoms with Gasteiger partial charge in [0.1, 0.15) is 5.82 Å². The van der Waals surface area contributed by atoms with Gasteiger partial charge < -0.3 is 10.1 Å². The van der Waals surface area contributed by atoms with Crippen LogP contribution in [0.5, 0.6) is 0 Å². The molecule has 1 fully saturated rings. The van der Waals surface area contributed by atoms with E-state index in [1.165, 1.54) is 0 Å². The van der Waals surface area contributed by atoms with Gasteiger partial charge in [0.15, 0.2) is 0 Å². The van der Waals surface area contributed by atoms with Gasteiger partial charge >= 0.3 is 0 Å². The molecule has 7 heteroatoms. The average molecular weight is 356 g/mol. The van der Waals surface area contributed by atoms with Crippen molar-refractivity contribution in [3.63, 3.8) is 0 Å². The molecule has 0 saturated carbocycles. The second-order valence-corrected chi connectivity index (χ2v) is 6.93. The summed E-state index contributed by atoms with van der Waals surface area (Å²) >= 11 is 0. The summed E-state index contributed by atoms with van der Waals surface area (Å²) in [6.07, 6.45) is 3.37. The van der Waals surface area contributed by atoms with Crippen LogP contribution >= 0.6 is 0 Å². The molecule has 2 aliphatic rings. The maximum atomic E-state index is 12.7. The minimum Gasteiger partial charge on any atom is -0.379 e. The van der Waals surface area contributed by atoms with Crippen molar-refractivity contribution in [3.05, 3.63) is 34.4 Å². The van der Waals surface area contributed by atoms with Crippen LogP contribution in [0.4, 0.5) is 5.69 Å². The number of hydrogen-bond donors (Lipinski definition) is 1.